The van der Waals surface area contributed by atoms with Crippen LogP contribution in [0.15, 0.2) is 0 Å². The zero-order valence-corrected chi connectivity index (χ0v) is 12.0. The summed E-state index contributed by atoms with van der Waals surface area (Å²) >= 11 is 0. The molecule has 0 aliphatic rings. The zero-order valence-electron chi connectivity index (χ0n) is 12.0. The number of rotatable bonds is 9. The molecule has 0 N–H and O–H groups in total. The summed E-state index contributed by atoms with van der Waals surface area (Å²) in [5.74, 6) is -0.885. The molecule has 106 valence electrons. The van der Waals surface area contributed by atoms with E-state index in [2.05, 4.69) is 0 Å². The van der Waals surface area contributed by atoms with Crippen LogP contribution < -0.4 is 0 Å². The van der Waals surface area contributed by atoms with Crippen LogP contribution in [0.1, 0.15) is 53.4 Å². The molecule has 0 aliphatic heterocycles. The Hall–Kier alpha value is -1.06. The van der Waals surface area contributed by atoms with Crippen molar-refractivity contribution in [3.63, 3.8) is 0 Å². The molecule has 18 heavy (non-hydrogen) atoms. The summed E-state index contributed by atoms with van der Waals surface area (Å²) in [7, 11) is 0. The number of ether oxygens (including phenoxy) is 2. The smallest absolute Gasteiger partial charge is 0.308 e. The van der Waals surface area contributed by atoms with Gasteiger partial charge in [-0.2, -0.15) is 0 Å². The summed E-state index contributed by atoms with van der Waals surface area (Å²) < 4.78 is 10.2. The van der Waals surface area contributed by atoms with Gasteiger partial charge in [0.1, 0.15) is 0 Å². The fraction of sp³-hybridized carbons (Fsp3) is 0.857. The Balaban J connectivity index is 4.17. The first-order valence-corrected chi connectivity index (χ1v) is 6.89. The van der Waals surface area contributed by atoms with Gasteiger partial charge >= 0.3 is 11.9 Å². The van der Waals surface area contributed by atoms with E-state index in [4.69, 9.17) is 9.47 Å². The van der Waals surface area contributed by atoms with Crippen molar-refractivity contribution in [2.75, 3.05) is 13.2 Å². The number of hydrogen-bond donors (Lipinski definition) is 0. The van der Waals surface area contributed by atoms with Crippen molar-refractivity contribution in [3.05, 3.63) is 0 Å². The highest BCUT2D eigenvalue weighted by Gasteiger charge is 2.24. The number of hydrogen-bond acceptors (Lipinski definition) is 4. The second kappa shape index (κ2) is 9.92. The lowest BCUT2D eigenvalue weighted by molar-refractivity contribution is -0.152. The van der Waals surface area contributed by atoms with Crippen molar-refractivity contribution in [3.8, 4) is 0 Å². The maximum absolute atomic E-state index is 11.7. The van der Waals surface area contributed by atoms with E-state index in [0.717, 1.165) is 12.8 Å². The van der Waals surface area contributed by atoms with E-state index in [1.807, 2.05) is 20.8 Å². The predicted molar refractivity (Wildman–Crippen MR) is 70.1 cm³/mol. The Morgan fingerprint density at radius 1 is 0.944 bits per heavy atom. The van der Waals surface area contributed by atoms with Gasteiger partial charge in [-0.15, -0.1) is 0 Å². The number of esters is 2. The van der Waals surface area contributed by atoms with E-state index in [9.17, 15) is 9.59 Å². The van der Waals surface area contributed by atoms with Crippen LogP contribution >= 0.6 is 0 Å². The summed E-state index contributed by atoms with van der Waals surface area (Å²) in [6, 6.07) is 0. The molecule has 0 aromatic heterocycles. The van der Waals surface area contributed by atoms with Gasteiger partial charge in [0.2, 0.25) is 0 Å². The van der Waals surface area contributed by atoms with Crippen LogP contribution in [0.3, 0.4) is 0 Å². The summed E-state index contributed by atoms with van der Waals surface area (Å²) in [6.45, 7) is 8.54. The monoisotopic (exact) mass is 258 g/mol. The molecule has 4 nitrogen and oxygen atoms in total. The average molecular weight is 258 g/mol. The van der Waals surface area contributed by atoms with Gasteiger partial charge in [-0.3, -0.25) is 9.59 Å². The third-order valence-corrected chi connectivity index (χ3v) is 2.76. The van der Waals surface area contributed by atoms with Gasteiger partial charge in [-0.05, 0) is 25.7 Å². The third-order valence-electron chi connectivity index (χ3n) is 2.76. The van der Waals surface area contributed by atoms with Crippen LogP contribution in [0.2, 0.25) is 0 Å². The lowest BCUT2D eigenvalue weighted by Gasteiger charge is -2.17. The first-order valence-electron chi connectivity index (χ1n) is 6.89. The van der Waals surface area contributed by atoms with Gasteiger partial charge in [0.05, 0.1) is 25.0 Å². The fourth-order valence-electron chi connectivity index (χ4n) is 1.62. The maximum atomic E-state index is 11.7. The minimum Gasteiger partial charge on any atom is -0.465 e. The number of carbonyl (C=O) groups is 2. The van der Waals surface area contributed by atoms with Crippen molar-refractivity contribution >= 4 is 11.9 Å². The van der Waals surface area contributed by atoms with Crippen LogP contribution in [0.5, 0.6) is 0 Å². The zero-order chi connectivity index (χ0) is 14.0. The Bertz CT molecular complexity index is 250. The van der Waals surface area contributed by atoms with Crippen molar-refractivity contribution < 1.29 is 19.1 Å². The summed E-state index contributed by atoms with van der Waals surface area (Å²) in [4.78, 5) is 23.3. The molecule has 0 radical (unpaired) electrons. The Morgan fingerprint density at radius 3 is 1.89 bits per heavy atom. The molecule has 0 spiro atoms. The molecule has 0 saturated carbocycles. The normalized spacial score (nSPS) is 13.8. The van der Waals surface area contributed by atoms with Gasteiger partial charge in [0, 0.05) is 0 Å². The fourth-order valence-corrected chi connectivity index (χ4v) is 1.62. The van der Waals surface area contributed by atoms with Gasteiger partial charge in [0.25, 0.3) is 0 Å². The lowest BCUT2D eigenvalue weighted by Crippen LogP contribution is -2.24. The predicted octanol–water partition coefficient (Wildman–Crippen LogP) is 2.95. The molecule has 0 aliphatic carbocycles. The van der Waals surface area contributed by atoms with Crippen LogP contribution in [-0.4, -0.2) is 25.2 Å². The van der Waals surface area contributed by atoms with Crippen LogP contribution in [0.4, 0.5) is 0 Å². The Kier molecular flexibility index (Phi) is 9.33. The van der Waals surface area contributed by atoms with Crippen molar-refractivity contribution in [1.29, 1.82) is 0 Å². The first kappa shape index (κ1) is 16.9. The molecule has 0 rings (SSSR count). The van der Waals surface area contributed by atoms with Crippen LogP contribution in [0, 0.1) is 11.8 Å². The Labute approximate surface area is 110 Å². The van der Waals surface area contributed by atoms with E-state index in [0.29, 0.717) is 26.1 Å². The highest BCUT2D eigenvalue weighted by molar-refractivity contribution is 5.75. The molecule has 0 saturated heterocycles. The van der Waals surface area contributed by atoms with Gasteiger partial charge in [-0.1, -0.05) is 27.7 Å². The highest BCUT2D eigenvalue weighted by Crippen LogP contribution is 2.18. The SMILES string of the molecule is CCCOC(=O)C(C)CC(CC)C(=O)OCCC. The molecular formula is C14H26O4. The van der Waals surface area contributed by atoms with Gasteiger partial charge < -0.3 is 9.47 Å². The molecule has 0 aromatic carbocycles. The quantitative estimate of drug-likeness (QED) is 0.597. The minimum atomic E-state index is -0.254. The lowest BCUT2D eigenvalue weighted by atomic mass is 9.94. The van der Waals surface area contributed by atoms with E-state index < -0.39 is 0 Å². The molecule has 4 heteroatoms. The van der Waals surface area contributed by atoms with E-state index in [1.54, 1.807) is 6.92 Å². The van der Waals surface area contributed by atoms with Gasteiger partial charge in [-0.25, -0.2) is 0 Å². The Morgan fingerprint density at radius 2 is 1.44 bits per heavy atom. The standard InChI is InChI=1S/C14H26O4/c1-5-8-17-13(15)11(4)10-12(7-3)14(16)18-9-6-2/h11-12H,5-10H2,1-4H3. The van der Waals surface area contributed by atoms with E-state index in [-0.39, 0.29) is 23.8 Å². The molecule has 0 heterocycles. The molecule has 2 atom stereocenters. The second-order valence-electron chi connectivity index (χ2n) is 4.58. The van der Waals surface area contributed by atoms with Gasteiger partial charge in [0.15, 0.2) is 0 Å². The molecule has 2 unspecified atom stereocenters. The molecule has 0 fully saturated rings. The number of carbonyl (C=O) groups excluding carboxylic acids is 2. The molecule has 0 amide bonds. The second-order valence-corrected chi connectivity index (χ2v) is 4.58. The minimum absolute atomic E-state index is 0.200. The molecule has 0 aromatic rings. The summed E-state index contributed by atoms with van der Waals surface area (Å²) in [5.41, 5.74) is 0. The summed E-state index contributed by atoms with van der Waals surface area (Å²) in [5, 5.41) is 0. The average Bonchev–Trinajstić information content (AvgIpc) is 2.38. The topological polar surface area (TPSA) is 52.6 Å². The highest BCUT2D eigenvalue weighted by atomic mass is 16.5. The molecular weight excluding hydrogens is 232 g/mol. The van der Waals surface area contributed by atoms with Crippen molar-refractivity contribution in [2.24, 2.45) is 11.8 Å². The van der Waals surface area contributed by atoms with E-state index in [1.165, 1.54) is 0 Å². The third kappa shape index (κ3) is 6.62. The summed E-state index contributed by atoms with van der Waals surface area (Å²) in [6.07, 6.45) is 2.82. The van der Waals surface area contributed by atoms with E-state index >= 15 is 0 Å². The van der Waals surface area contributed by atoms with Crippen molar-refractivity contribution in [1.82, 2.24) is 0 Å². The molecule has 0 bridgehead atoms. The van der Waals surface area contributed by atoms with Crippen LogP contribution in [0.25, 0.3) is 0 Å². The van der Waals surface area contributed by atoms with Crippen LogP contribution in [-0.2, 0) is 19.1 Å². The maximum Gasteiger partial charge on any atom is 0.308 e. The largest absolute Gasteiger partial charge is 0.465 e. The van der Waals surface area contributed by atoms with Crippen molar-refractivity contribution in [2.45, 2.75) is 53.4 Å². The first-order chi connectivity index (χ1) is 8.56.